The van der Waals surface area contributed by atoms with Crippen LogP contribution in [-0.2, 0) is 4.74 Å². The Kier molecular flexibility index (Phi) is 17.9. The molecular formula is C58H52N8O6S4. The summed E-state index contributed by atoms with van der Waals surface area (Å²) >= 11 is 5.78. The van der Waals surface area contributed by atoms with Crippen molar-refractivity contribution in [1.29, 1.82) is 0 Å². The second-order valence-corrected chi connectivity index (χ2v) is 21.3. The van der Waals surface area contributed by atoms with Crippen LogP contribution in [0.3, 0.4) is 0 Å². The van der Waals surface area contributed by atoms with Crippen LogP contribution in [-0.4, -0.2) is 89.3 Å². The molecule has 18 heteroatoms. The van der Waals surface area contributed by atoms with Crippen molar-refractivity contribution in [3.8, 4) is 16.9 Å². The molecule has 384 valence electrons. The molecule has 0 atom stereocenters. The van der Waals surface area contributed by atoms with Crippen LogP contribution in [0.5, 0.6) is 5.75 Å². The van der Waals surface area contributed by atoms with Crippen LogP contribution in [0.25, 0.3) is 11.1 Å². The Balaban J connectivity index is 1.12. The van der Waals surface area contributed by atoms with Crippen LogP contribution >= 0.6 is 47.0 Å². The van der Waals surface area contributed by atoms with E-state index in [-0.39, 0.29) is 78.9 Å². The molecule has 9 rings (SSSR count). The zero-order valence-electron chi connectivity index (χ0n) is 41.8. The minimum Gasteiger partial charge on any atom is -0.493 e. The predicted octanol–water partition coefficient (Wildman–Crippen LogP) is 13.1. The van der Waals surface area contributed by atoms with Gasteiger partial charge in [-0.15, -0.1) is 0 Å². The summed E-state index contributed by atoms with van der Waals surface area (Å²) in [5.74, 6) is 2.63. The van der Waals surface area contributed by atoms with Crippen LogP contribution in [0, 0.1) is 0 Å². The molecule has 0 amide bonds. The Bertz CT molecular complexity index is 3410. The molecule has 0 fully saturated rings. The lowest BCUT2D eigenvalue weighted by atomic mass is 9.75. The lowest BCUT2D eigenvalue weighted by Crippen LogP contribution is -2.25. The van der Waals surface area contributed by atoms with Crippen molar-refractivity contribution in [2.24, 2.45) is 0 Å². The lowest BCUT2D eigenvalue weighted by molar-refractivity contribution is 0.0978. The number of carbonyl (C=O) groups is 4. The maximum atomic E-state index is 15.1. The van der Waals surface area contributed by atoms with Crippen LogP contribution in [0.2, 0.25) is 0 Å². The van der Waals surface area contributed by atoms with E-state index in [9.17, 15) is 9.59 Å². The largest absolute Gasteiger partial charge is 0.493 e. The second kappa shape index (κ2) is 25.4. The highest BCUT2D eigenvalue weighted by Gasteiger charge is 2.39. The number of allylic oxidation sites excluding steroid dienone is 3. The number of nitrogens with one attached hydrogen (secondary N) is 2. The predicted molar refractivity (Wildman–Crippen MR) is 304 cm³/mol. The van der Waals surface area contributed by atoms with Gasteiger partial charge in [-0.05, 0) is 60.4 Å². The summed E-state index contributed by atoms with van der Waals surface area (Å²) in [5, 5.41) is 8.46. The van der Waals surface area contributed by atoms with Gasteiger partial charge in [-0.25, -0.2) is 0 Å². The van der Waals surface area contributed by atoms with Gasteiger partial charge in [0.1, 0.15) is 11.5 Å². The Morgan fingerprint density at radius 3 is 1.32 bits per heavy atom. The summed E-state index contributed by atoms with van der Waals surface area (Å²) in [6.07, 6.45) is 8.85. The molecule has 2 aliphatic carbocycles. The van der Waals surface area contributed by atoms with Crippen molar-refractivity contribution < 1.29 is 28.7 Å². The minimum absolute atomic E-state index is 0.0591. The Morgan fingerprint density at radius 1 is 0.487 bits per heavy atom. The normalized spacial score (nSPS) is 12.6. The van der Waals surface area contributed by atoms with Gasteiger partial charge in [-0.2, -0.15) is 29.9 Å². The molecule has 0 radical (unpaired) electrons. The Labute approximate surface area is 458 Å². The van der Waals surface area contributed by atoms with Gasteiger partial charge in [0, 0.05) is 56.4 Å². The first-order valence-electron chi connectivity index (χ1n) is 24.7. The van der Waals surface area contributed by atoms with Crippen molar-refractivity contribution in [3.05, 3.63) is 185 Å². The third-order valence-electron chi connectivity index (χ3n) is 12.0. The summed E-state index contributed by atoms with van der Waals surface area (Å²) in [7, 11) is 0. The zero-order valence-corrected chi connectivity index (χ0v) is 45.1. The van der Waals surface area contributed by atoms with Crippen LogP contribution in [0.1, 0.15) is 103 Å². The fourth-order valence-corrected chi connectivity index (χ4v) is 11.7. The van der Waals surface area contributed by atoms with Gasteiger partial charge >= 0.3 is 0 Å². The number of ketones is 4. The molecule has 2 aromatic heterocycles. The molecule has 0 spiro atoms. The number of nitrogens with zero attached hydrogens (tertiary/aromatic N) is 6. The van der Waals surface area contributed by atoms with Crippen LogP contribution in [0.4, 0.5) is 23.3 Å². The number of fused-ring (bicyclic) bond motifs is 4. The third kappa shape index (κ3) is 12.2. The average molecular weight is 1090 g/mol. The summed E-state index contributed by atoms with van der Waals surface area (Å²) in [6, 6.07) is 29.6. The van der Waals surface area contributed by atoms with E-state index in [1.807, 2.05) is 30.3 Å². The Hall–Kier alpha value is -7.38. The van der Waals surface area contributed by atoms with Crippen molar-refractivity contribution in [2.75, 3.05) is 46.9 Å². The summed E-state index contributed by atoms with van der Waals surface area (Å²) in [4.78, 5) is 88.5. The first kappa shape index (κ1) is 53.4. The van der Waals surface area contributed by atoms with Crippen molar-refractivity contribution >= 4 is 93.5 Å². The third-order valence-corrected chi connectivity index (χ3v) is 15.5. The van der Waals surface area contributed by atoms with Crippen LogP contribution < -0.4 is 15.4 Å². The van der Waals surface area contributed by atoms with Gasteiger partial charge in [0.2, 0.25) is 11.9 Å². The topological polar surface area (TPSA) is 188 Å². The molecule has 2 heterocycles. The second-order valence-electron chi connectivity index (χ2n) is 17.0. The number of ether oxygens (including phenoxy) is 2. The van der Waals surface area contributed by atoms with E-state index in [2.05, 4.69) is 37.6 Å². The molecule has 0 aliphatic heterocycles. The number of carbonyl (C=O) groups excluding carboxylic acids is 4. The molecule has 0 saturated heterocycles. The van der Waals surface area contributed by atoms with Gasteiger partial charge in [0.25, 0.3) is 0 Å². The highest BCUT2D eigenvalue weighted by atomic mass is 32.2. The molecular weight excluding hydrogens is 1030 g/mol. The lowest BCUT2D eigenvalue weighted by Gasteiger charge is -2.26. The van der Waals surface area contributed by atoms with Gasteiger partial charge in [0.05, 0.1) is 35.7 Å². The van der Waals surface area contributed by atoms with Crippen LogP contribution in [0.15, 0.2) is 161 Å². The molecule has 2 aliphatic rings. The maximum Gasteiger partial charge on any atom is 0.232 e. The van der Waals surface area contributed by atoms with E-state index < -0.39 is 23.1 Å². The van der Waals surface area contributed by atoms with Gasteiger partial charge in [-0.3, -0.25) is 19.2 Å². The van der Waals surface area contributed by atoms with E-state index in [4.69, 9.17) is 39.4 Å². The number of unbranched alkanes of at least 4 members (excludes halogenated alkanes) is 2. The highest BCUT2D eigenvalue weighted by Crippen LogP contribution is 2.44. The number of para-hydroxylation sites is 1. The molecule has 2 N–H and O–H groups in total. The van der Waals surface area contributed by atoms with Crippen molar-refractivity contribution in [3.63, 3.8) is 0 Å². The quantitative estimate of drug-likeness (QED) is 0.0238. The fourth-order valence-electron chi connectivity index (χ4n) is 8.40. The zero-order chi connectivity index (χ0) is 53.0. The molecule has 76 heavy (non-hydrogen) atoms. The molecule has 5 aromatic carbocycles. The summed E-state index contributed by atoms with van der Waals surface area (Å²) < 4.78 is 11.8. The van der Waals surface area contributed by atoms with E-state index in [0.717, 1.165) is 42.9 Å². The molecule has 7 aromatic rings. The SMILES string of the molecule is C=C/C=C(\C=C)OCCSc1nc(Nc2ccc(-c3ccc(Nc4nc(SCCCC)nc(SCCOc5ccccc5)n4)c4c3C(=O)c3ccccc3C4=O)c3c2C(=O)c2ccccc2C3=O)nc(SCCCC)n1. The van der Waals surface area contributed by atoms with E-state index >= 15 is 9.59 Å². The number of benzene rings is 5. The highest BCUT2D eigenvalue weighted by molar-refractivity contribution is 8.00. The van der Waals surface area contributed by atoms with Crippen molar-refractivity contribution in [2.45, 2.75) is 60.2 Å². The molecule has 0 unspecified atom stereocenters. The maximum absolute atomic E-state index is 15.1. The first-order valence-corrected chi connectivity index (χ1v) is 28.7. The number of hydrogen-bond acceptors (Lipinski definition) is 18. The van der Waals surface area contributed by atoms with Gasteiger partial charge < -0.3 is 20.1 Å². The first-order chi connectivity index (χ1) is 37.2. The average Bonchev–Trinajstić information content (AvgIpc) is 3.55. The number of anilines is 4. The standard InChI is InChI=1S/C58H52N8O6S4/c1-5-9-31-73-55-61-53(63-57(65-55)75-33-29-71-35(8-4)18-7-3)59-43-27-25-37(45-47(43)51(69)41-23-16-14-21-39(41)49(45)67)38-26-28-44(48-46(38)50(68)40-22-15-17-24-42(40)52(48)70)60-54-62-56(74-32-10-6-2)66-58(64-54)76-34-30-72-36-19-12-11-13-20-36/h7-8,11-28H,3-6,9-10,29-34H2,1-2H3,(H,59,61,63,65)(H,60,62,64,66)/b35-18+. The number of hydrogen-bond donors (Lipinski definition) is 2. The Morgan fingerprint density at radius 2 is 0.895 bits per heavy atom. The van der Waals surface area contributed by atoms with Gasteiger partial charge in [0.15, 0.2) is 43.8 Å². The number of aromatic nitrogens is 6. The smallest absolute Gasteiger partial charge is 0.232 e. The van der Waals surface area contributed by atoms with E-state index in [1.54, 1.807) is 91.0 Å². The monoisotopic (exact) mass is 1080 g/mol. The van der Waals surface area contributed by atoms with E-state index in [0.29, 0.717) is 51.1 Å². The number of thioether (sulfide) groups is 4. The molecule has 14 nitrogen and oxygen atoms in total. The minimum atomic E-state index is -0.431. The summed E-state index contributed by atoms with van der Waals surface area (Å²) in [6.45, 7) is 12.5. The van der Waals surface area contributed by atoms with Crippen molar-refractivity contribution in [1.82, 2.24) is 29.9 Å². The number of rotatable bonds is 25. The fraction of sp³-hybridized carbons (Fsp3) is 0.207. The summed E-state index contributed by atoms with van der Waals surface area (Å²) in [5.41, 5.74) is 2.26. The molecule has 0 saturated carbocycles. The van der Waals surface area contributed by atoms with E-state index in [1.165, 1.54) is 47.0 Å². The molecule has 0 bridgehead atoms. The van der Waals surface area contributed by atoms with Gasteiger partial charge in [-0.1, -0.05) is 172 Å².